The summed E-state index contributed by atoms with van der Waals surface area (Å²) in [6.07, 6.45) is 0.434. The van der Waals surface area contributed by atoms with E-state index in [-0.39, 0.29) is 36.3 Å². The standard InChI is InChI=1S/C24H30N2O5S/c1-4-23(27)20-5-9-21(10-6-20)31-17-24(28)25-13-15-26(16-14-25)32(29,30)22-11-7-19(8-12-22)18(2)3/h5-12,18H,4,13-17H2,1-3H3. The number of hydrogen-bond acceptors (Lipinski definition) is 5. The first-order valence-electron chi connectivity index (χ1n) is 10.9. The lowest BCUT2D eigenvalue weighted by Gasteiger charge is -2.34. The Morgan fingerprint density at radius 2 is 1.53 bits per heavy atom. The molecule has 32 heavy (non-hydrogen) atoms. The molecule has 172 valence electrons. The SMILES string of the molecule is CCC(=O)c1ccc(OCC(=O)N2CCN(S(=O)(=O)c3ccc(C(C)C)cc3)CC2)cc1. The third-order valence-corrected chi connectivity index (χ3v) is 7.55. The van der Waals surface area contributed by atoms with Crippen molar-refractivity contribution in [3.05, 3.63) is 59.7 Å². The van der Waals surface area contributed by atoms with Crippen LogP contribution in [0.4, 0.5) is 0 Å². The average molecular weight is 459 g/mol. The summed E-state index contributed by atoms with van der Waals surface area (Å²) < 4.78 is 32.8. The highest BCUT2D eigenvalue weighted by Gasteiger charge is 2.30. The maximum Gasteiger partial charge on any atom is 0.260 e. The van der Waals surface area contributed by atoms with E-state index in [9.17, 15) is 18.0 Å². The number of piperazine rings is 1. The fraction of sp³-hybridized carbons (Fsp3) is 0.417. The van der Waals surface area contributed by atoms with Crippen molar-refractivity contribution in [2.24, 2.45) is 0 Å². The molecule has 7 nitrogen and oxygen atoms in total. The Bertz CT molecular complexity index is 1040. The molecule has 0 aromatic heterocycles. The summed E-state index contributed by atoms with van der Waals surface area (Å²) >= 11 is 0. The number of Topliss-reactive ketones (excluding diaryl/α,β-unsaturated/α-hetero) is 1. The molecule has 0 saturated carbocycles. The van der Waals surface area contributed by atoms with Crippen LogP contribution < -0.4 is 4.74 Å². The zero-order valence-electron chi connectivity index (χ0n) is 18.8. The number of carbonyl (C=O) groups excluding carboxylic acids is 2. The van der Waals surface area contributed by atoms with Crippen LogP contribution in [0.3, 0.4) is 0 Å². The number of rotatable bonds is 8. The quantitative estimate of drug-likeness (QED) is 0.567. The first-order valence-corrected chi connectivity index (χ1v) is 12.3. The highest BCUT2D eigenvalue weighted by Crippen LogP contribution is 2.21. The summed E-state index contributed by atoms with van der Waals surface area (Å²) in [7, 11) is -3.59. The van der Waals surface area contributed by atoms with Gasteiger partial charge >= 0.3 is 0 Å². The van der Waals surface area contributed by atoms with Crippen LogP contribution in [0.5, 0.6) is 5.75 Å². The Labute approximate surface area is 190 Å². The van der Waals surface area contributed by atoms with Crippen LogP contribution in [0.2, 0.25) is 0 Å². The van der Waals surface area contributed by atoms with Gasteiger partial charge in [-0.15, -0.1) is 0 Å². The Morgan fingerprint density at radius 3 is 2.06 bits per heavy atom. The van der Waals surface area contributed by atoms with Gasteiger partial charge in [0.25, 0.3) is 5.91 Å². The molecule has 0 bridgehead atoms. The van der Waals surface area contributed by atoms with E-state index in [0.717, 1.165) is 5.56 Å². The molecule has 0 atom stereocenters. The number of sulfonamides is 1. The topological polar surface area (TPSA) is 84.0 Å². The fourth-order valence-corrected chi connectivity index (χ4v) is 4.95. The number of ketones is 1. The zero-order valence-corrected chi connectivity index (χ0v) is 19.6. The van der Waals surface area contributed by atoms with Crippen LogP contribution in [0, 0.1) is 0 Å². The molecule has 1 aliphatic rings. The molecule has 8 heteroatoms. The van der Waals surface area contributed by atoms with Crippen molar-refractivity contribution in [1.82, 2.24) is 9.21 Å². The summed E-state index contributed by atoms with van der Waals surface area (Å²) in [5.74, 6) is 0.700. The van der Waals surface area contributed by atoms with Gasteiger partial charge in [-0.25, -0.2) is 8.42 Å². The lowest BCUT2D eigenvalue weighted by Crippen LogP contribution is -2.51. The smallest absolute Gasteiger partial charge is 0.260 e. The zero-order chi connectivity index (χ0) is 23.3. The lowest BCUT2D eigenvalue weighted by molar-refractivity contribution is -0.134. The molecule has 2 aromatic carbocycles. The monoisotopic (exact) mass is 458 g/mol. The van der Waals surface area contributed by atoms with E-state index in [1.54, 1.807) is 48.2 Å². The van der Waals surface area contributed by atoms with E-state index in [4.69, 9.17) is 4.74 Å². The number of carbonyl (C=O) groups is 2. The summed E-state index contributed by atoms with van der Waals surface area (Å²) in [5.41, 5.74) is 1.70. The van der Waals surface area contributed by atoms with Gasteiger partial charge in [-0.2, -0.15) is 4.31 Å². The summed E-state index contributed by atoms with van der Waals surface area (Å²) in [4.78, 5) is 26.1. The van der Waals surface area contributed by atoms with Crippen LogP contribution >= 0.6 is 0 Å². The van der Waals surface area contributed by atoms with E-state index in [2.05, 4.69) is 13.8 Å². The molecule has 0 aliphatic carbocycles. The van der Waals surface area contributed by atoms with Gasteiger partial charge in [0, 0.05) is 38.2 Å². The Morgan fingerprint density at radius 1 is 0.938 bits per heavy atom. The third-order valence-electron chi connectivity index (χ3n) is 5.64. The second-order valence-corrected chi connectivity index (χ2v) is 10.0. The minimum absolute atomic E-state index is 0.0521. The summed E-state index contributed by atoms with van der Waals surface area (Å²) in [5, 5.41) is 0. The van der Waals surface area contributed by atoms with E-state index in [1.807, 2.05) is 12.1 Å². The normalized spacial score (nSPS) is 15.1. The van der Waals surface area contributed by atoms with Gasteiger partial charge in [0.2, 0.25) is 10.0 Å². The largest absolute Gasteiger partial charge is 0.484 e. The summed E-state index contributed by atoms with van der Waals surface area (Å²) in [6.45, 7) is 6.91. The molecule has 1 heterocycles. The maximum absolute atomic E-state index is 12.9. The van der Waals surface area contributed by atoms with Crippen LogP contribution in [-0.4, -0.2) is 62.1 Å². The summed E-state index contributed by atoms with van der Waals surface area (Å²) in [6, 6.07) is 13.7. The van der Waals surface area contributed by atoms with Crippen LogP contribution in [-0.2, 0) is 14.8 Å². The Kier molecular flexibility index (Phi) is 7.69. The number of hydrogen-bond donors (Lipinski definition) is 0. The average Bonchev–Trinajstić information content (AvgIpc) is 2.82. The van der Waals surface area contributed by atoms with Gasteiger partial charge in [0.15, 0.2) is 12.4 Å². The predicted molar refractivity (Wildman–Crippen MR) is 122 cm³/mol. The van der Waals surface area contributed by atoms with Gasteiger partial charge in [-0.05, 0) is 47.9 Å². The van der Waals surface area contributed by atoms with Gasteiger partial charge < -0.3 is 9.64 Å². The number of benzene rings is 2. The maximum atomic E-state index is 12.9. The molecule has 1 amide bonds. The Balaban J connectivity index is 1.52. The van der Waals surface area contributed by atoms with Crippen molar-refractivity contribution in [2.75, 3.05) is 32.8 Å². The van der Waals surface area contributed by atoms with Gasteiger partial charge in [0.1, 0.15) is 5.75 Å². The second-order valence-electron chi connectivity index (χ2n) is 8.10. The highest BCUT2D eigenvalue weighted by molar-refractivity contribution is 7.89. The first-order chi connectivity index (χ1) is 15.2. The number of nitrogens with zero attached hydrogens (tertiary/aromatic N) is 2. The van der Waals surface area contributed by atoms with Crippen molar-refractivity contribution < 1.29 is 22.7 Å². The van der Waals surface area contributed by atoms with Gasteiger partial charge in [0.05, 0.1) is 4.90 Å². The van der Waals surface area contributed by atoms with Crippen molar-refractivity contribution >= 4 is 21.7 Å². The second kappa shape index (κ2) is 10.3. The highest BCUT2D eigenvalue weighted by atomic mass is 32.2. The molecular weight excluding hydrogens is 428 g/mol. The first kappa shape index (κ1) is 23.9. The van der Waals surface area contributed by atoms with E-state index in [1.165, 1.54) is 4.31 Å². The molecule has 0 unspecified atom stereocenters. The molecular formula is C24H30N2O5S. The van der Waals surface area contributed by atoms with Crippen LogP contribution in [0.25, 0.3) is 0 Å². The fourth-order valence-electron chi connectivity index (χ4n) is 3.53. The van der Waals surface area contributed by atoms with Crippen LogP contribution in [0.1, 0.15) is 49.0 Å². The minimum atomic E-state index is -3.59. The number of amides is 1. The van der Waals surface area contributed by atoms with E-state index >= 15 is 0 Å². The third kappa shape index (κ3) is 5.55. The van der Waals surface area contributed by atoms with E-state index in [0.29, 0.717) is 36.7 Å². The molecule has 3 rings (SSSR count). The predicted octanol–water partition coefficient (Wildman–Crippen LogP) is 3.31. The lowest BCUT2D eigenvalue weighted by atomic mass is 10.0. The van der Waals surface area contributed by atoms with Crippen molar-refractivity contribution in [3.8, 4) is 5.75 Å². The van der Waals surface area contributed by atoms with Gasteiger partial charge in [-0.1, -0.05) is 32.9 Å². The molecule has 0 N–H and O–H groups in total. The minimum Gasteiger partial charge on any atom is -0.484 e. The van der Waals surface area contributed by atoms with Crippen molar-refractivity contribution in [3.63, 3.8) is 0 Å². The Hall–Kier alpha value is -2.71. The van der Waals surface area contributed by atoms with E-state index < -0.39 is 10.0 Å². The molecule has 1 saturated heterocycles. The van der Waals surface area contributed by atoms with Crippen molar-refractivity contribution in [2.45, 2.75) is 38.0 Å². The molecule has 1 aliphatic heterocycles. The molecule has 1 fully saturated rings. The van der Waals surface area contributed by atoms with Crippen molar-refractivity contribution in [1.29, 1.82) is 0 Å². The molecule has 0 spiro atoms. The van der Waals surface area contributed by atoms with Gasteiger partial charge in [-0.3, -0.25) is 9.59 Å². The number of ether oxygens (including phenoxy) is 1. The molecule has 2 aromatic rings. The van der Waals surface area contributed by atoms with Crippen LogP contribution in [0.15, 0.2) is 53.4 Å². The molecule has 0 radical (unpaired) electrons.